The van der Waals surface area contributed by atoms with Crippen LogP contribution in [-0.2, 0) is 23.1 Å². The largest absolute Gasteiger partial charge is 0.497 e. The molecule has 8 nitrogen and oxygen atoms in total. The number of methoxy groups -OCH3 is 1. The number of aryl methyl sites for hydroxylation is 1. The topological polar surface area (TPSA) is 92.1 Å². The molecule has 0 radical (unpaired) electrons. The van der Waals surface area contributed by atoms with Crippen LogP contribution in [-0.4, -0.2) is 40.4 Å². The molecular formula is C29H31N3O5S. The van der Waals surface area contributed by atoms with Gasteiger partial charge in [0.05, 0.1) is 24.8 Å². The molecule has 0 spiro atoms. The van der Waals surface area contributed by atoms with Crippen LogP contribution in [0.4, 0.5) is 11.4 Å². The lowest BCUT2D eigenvalue weighted by atomic mass is 10.1. The summed E-state index contributed by atoms with van der Waals surface area (Å²) in [5.74, 6) is 1.06. The average molecular weight is 534 g/mol. The van der Waals surface area contributed by atoms with Crippen molar-refractivity contribution in [3.63, 3.8) is 0 Å². The molecular weight excluding hydrogens is 502 g/mol. The van der Waals surface area contributed by atoms with Crippen LogP contribution >= 0.6 is 0 Å². The molecule has 1 N–H and O–H groups in total. The van der Waals surface area contributed by atoms with Gasteiger partial charge in [-0.1, -0.05) is 17.7 Å². The molecule has 0 aliphatic rings. The maximum atomic E-state index is 13.6. The van der Waals surface area contributed by atoms with Crippen LogP contribution in [0, 0.1) is 6.92 Å². The number of hydrogen-bond acceptors (Lipinski definition) is 6. The SMILES string of the molecule is COc1ccc(S(=O)(=O)Nc2ccc(N(C)C)c(CN(Cc3ccco3)C(=O)c3cccc(C)c3)c2)cc1. The van der Waals surface area contributed by atoms with Crippen molar-refractivity contribution >= 4 is 27.3 Å². The van der Waals surface area contributed by atoms with E-state index >= 15 is 0 Å². The minimum Gasteiger partial charge on any atom is -0.497 e. The van der Waals surface area contributed by atoms with E-state index in [4.69, 9.17) is 9.15 Å². The first-order valence-corrected chi connectivity index (χ1v) is 13.5. The van der Waals surface area contributed by atoms with Gasteiger partial charge < -0.3 is 19.0 Å². The second kappa shape index (κ2) is 11.4. The predicted octanol–water partition coefficient (Wildman–Crippen LogP) is 5.31. The third-order valence-electron chi connectivity index (χ3n) is 6.02. The number of furan rings is 1. The van der Waals surface area contributed by atoms with Gasteiger partial charge in [-0.2, -0.15) is 0 Å². The zero-order valence-electron chi connectivity index (χ0n) is 21.8. The molecule has 0 aliphatic carbocycles. The minimum absolute atomic E-state index is 0.116. The van der Waals surface area contributed by atoms with E-state index in [1.807, 2.05) is 56.3 Å². The number of carbonyl (C=O) groups is 1. The van der Waals surface area contributed by atoms with Crippen molar-refractivity contribution in [1.29, 1.82) is 0 Å². The molecule has 1 aromatic heterocycles. The smallest absolute Gasteiger partial charge is 0.261 e. The van der Waals surface area contributed by atoms with Crippen LogP contribution in [0.25, 0.3) is 0 Å². The number of nitrogens with one attached hydrogen (secondary N) is 1. The molecule has 1 heterocycles. The van der Waals surface area contributed by atoms with E-state index in [2.05, 4.69) is 4.72 Å². The first-order chi connectivity index (χ1) is 18.2. The molecule has 0 unspecified atom stereocenters. The standard InChI is InChI=1S/C29H31N3O5S/c1-21-7-5-8-22(17-21)29(33)32(20-26-9-6-16-37-26)19-23-18-24(10-15-28(23)31(2)3)30-38(34,35)27-13-11-25(36-4)12-14-27/h5-18,30H,19-20H2,1-4H3. The van der Waals surface area contributed by atoms with Crippen molar-refractivity contribution in [3.05, 3.63) is 108 Å². The average Bonchev–Trinajstić information content (AvgIpc) is 3.41. The third-order valence-corrected chi connectivity index (χ3v) is 7.42. The highest BCUT2D eigenvalue weighted by Gasteiger charge is 2.21. The number of carbonyl (C=O) groups excluding carboxylic acids is 1. The summed E-state index contributed by atoms with van der Waals surface area (Å²) in [6, 6.07) is 22.5. The second-order valence-corrected chi connectivity index (χ2v) is 10.8. The number of hydrogen-bond donors (Lipinski definition) is 1. The van der Waals surface area contributed by atoms with Crippen LogP contribution in [0.2, 0.25) is 0 Å². The minimum atomic E-state index is -3.84. The molecule has 0 atom stereocenters. The first kappa shape index (κ1) is 26.8. The number of benzene rings is 3. The molecule has 198 valence electrons. The summed E-state index contributed by atoms with van der Waals surface area (Å²) in [4.78, 5) is 17.3. The summed E-state index contributed by atoms with van der Waals surface area (Å²) in [7, 11) is 1.49. The maximum absolute atomic E-state index is 13.6. The van der Waals surface area contributed by atoms with Crippen LogP contribution in [0.5, 0.6) is 5.75 Å². The van der Waals surface area contributed by atoms with Gasteiger partial charge in [0.1, 0.15) is 11.5 Å². The van der Waals surface area contributed by atoms with Crippen molar-refractivity contribution in [2.45, 2.75) is 24.9 Å². The lowest BCUT2D eigenvalue weighted by Crippen LogP contribution is -2.31. The molecule has 3 aromatic carbocycles. The Morgan fingerprint density at radius 3 is 2.34 bits per heavy atom. The van der Waals surface area contributed by atoms with E-state index in [1.165, 1.54) is 19.2 Å². The number of rotatable bonds is 10. The van der Waals surface area contributed by atoms with E-state index < -0.39 is 10.0 Å². The highest BCUT2D eigenvalue weighted by atomic mass is 32.2. The summed E-state index contributed by atoms with van der Waals surface area (Å²) in [5, 5.41) is 0. The fourth-order valence-corrected chi connectivity index (χ4v) is 5.19. The molecule has 1 amide bonds. The van der Waals surface area contributed by atoms with E-state index in [9.17, 15) is 13.2 Å². The van der Waals surface area contributed by atoms with Gasteiger partial charge in [-0.05, 0) is 79.2 Å². The monoisotopic (exact) mass is 533 g/mol. The van der Waals surface area contributed by atoms with Crippen molar-refractivity contribution in [2.75, 3.05) is 30.8 Å². The molecule has 0 saturated heterocycles. The van der Waals surface area contributed by atoms with Gasteiger partial charge in [-0.15, -0.1) is 0 Å². The first-order valence-electron chi connectivity index (χ1n) is 12.0. The summed E-state index contributed by atoms with van der Waals surface area (Å²) >= 11 is 0. The van der Waals surface area contributed by atoms with E-state index in [0.29, 0.717) is 22.8 Å². The Bertz CT molecular complexity index is 1500. The Hall–Kier alpha value is -4.24. The van der Waals surface area contributed by atoms with Gasteiger partial charge in [0.25, 0.3) is 15.9 Å². The van der Waals surface area contributed by atoms with Gasteiger partial charge in [0.2, 0.25) is 0 Å². The van der Waals surface area contributed by atoms with E-state index in [-0.39, 0.29) is 23.9 Å². The fourth-order valence-electron chi connectivity index (χ4n) is 4.14. The Labute approximate surface area is 223 Å². The number of ether oxygens (including phenoxy) is 1. The molecule has 0 aliphatic heterocycles. The van der Waals surface area contributed by atoms with Gasteiger partial charge in [-0.3, -0.25) is 9.52 Å². The highest BCUT2D eigenvalue weighted by molar-refractivity contribution is 7.92. The zero-order valence-corrected chi connectivity index (χ0v) is 22.7. The maximum Gasteiger partial charge on any atom is 0.261 e. The van der Waals surface area contributed by atoms with Crippen molar-refractivity contribution in [2.24, 2.45) is 0 Å². The van der Waals surface area contributed by atoms with Gasteiger partial charge >= 0.3 is 0 Å². The number of amides is 1. The van der Waals surface area contributed by atoms with Crippen LogP contribution in [0.15, 0.2) is 94.4 Å². The third kappa shape index (κ3) is 6.36. The van der Waals surface area contributed by atoms with Gasteiger partial charge in [0, 0.05) is 37.6 Å². The summed E-state index contributed by atoms with van der Waals surface area (Å²) < 4.78 is 39.4. The van der Waals surface area contributed by atoms with Crippen molar-refractivity contribution in [1.82, 2.24) is 4.90 Å². The van der Waals surface area contributed by atoms with Crippen molar-refractivity contribution < 1.29 is 22.4 Å². The molecule has 4 rings (SSSR count). The molecule has 4 aromatic rings. The van der Waals surface area contributed by atoms with Gasteiger partial charge in [0.15, 0.2) is 0 Å². The Kier molecular flexibility index (Phi) is 8.07. The van der Waals surface area contributed by atoms with Crippen molar-refractivity contribution in [3.8, 4) is 5.75 Å². The summed E-state index contributed by atoms with van der Waals surface area (Å²) in [5.41, 5.74) is 3.58. The molecule has 0 saturated carbocycles. The molecule has 38 heavy (non-hydrogen) atoms. The van der Waals surface area contributed by atoms with Crippen LogP contribution in [0.1, 0.15) is 27.2 Å². The highest BCUT2D eigenvalue weighted by Crippen LogP contribution is 2.28. The predicted molar refractivity (Wildman–Crippen MR) is 148 cm³/mol. The number of sulfonamides is 1. The Morgan fingerprint density at radius 1 is 0.947 bits per heavy atom. The second-order valence-electron chi connectivity index (χ2n) is 9.13. The normalized spacial score (nSPS) is 11.2. The Morgan fingerprint density at radius 2 is 1.71 bits per heavy atom. The van der Waals surface area contributed by atoms with Gasteiger partial charge in [-0.25, -0.2) is 8.42 Å². The lowest BCUT2D eigenvalue weighted by molar-refractivity contribution is 0.0718. The zero-order chi connectivity index (χ0) is 27.3. The number of anilines is 2. The van der Waals surface area contributed by atoms with E-state index in [0.717, 1.165) is 16.8 Å². The Balaban J connectivity index is 1.67. The molecule has 0 fully saturated rings. The van der Waals surface area contributed by atoms with Crippen LogP contribution in [0.3, 0.4) is 0 Å². The molecule has 9 heteroatoms. The lowest BCUT2D eigenvalue weighted by Gasteiger charge is -2.26. The number of nitrogens with zero attached hydrogens (tertiary/aromatic N) is 2. The fraction of sp³-hybridized carbons (Fsp3) is 0.207. The summed E-state index contributed by atoms with van der Waals surface area (Å²) in [6.07, 6.45) is 1.57. The van der Waals surface area contributed by atoms with Crippen LogP contribution < -0.4 is 14.4 Å². The summed E-state index contributed by atoms with van der Waals surface area (Å²) in [6.45, 7) is 2.43. The molecule has 0 bridgehead atoms. The van der Waals surface area contributed by atoms with E-state index in [1.54, 1.807) is 47.6 Å². The quantitative estimate of drug-likeness (QED) is 0.297.